The number of phenolic OH excluding ortho intramolecular Hbond substituents is 2. The molecule has 0 fully saturated rings. The minimum Gasteiger partial charge on any atom is -0.507 e. The van der Waals surface area contributed by atoms with Crippen LogP contribution >= 0.6 is 0 Å². The summed E-state index contributed by atoms with van der Waals surface area (Å²) in [6, 6.07) is 14.1. The van der Waals surface area contributed by atoms with Crippen molar-refractivity contribution < 1.29 is 15.0 Å². The number of para-hydroxylation sites is 1. The Kier molecular flexibility index (Phi) is 4.74. The molecule has 31 heavy (non-hydrogen) atoms. The number of rotatable bonds is 3. The highest BCUT2D eigenvalue weighted by Gasteiger charge is 2.23. The third kappa shape index (κ3) is 3.02. The highest BCUT2D eigenvalue weighted by atomic mass is 16.3. The first-order valence-corrected chi connectivity index (χ1v) is 9.61. The van der Waals surface area contributed by atoms with Crippen molar-refractivity contribution in [2.45, 2.75) is 13.8 Å². The smallest absolute Gasteiger partial charge is 0.335 e. The molecule has 0 unspecified atom stereocenters. The molecule has 7 nitrogen and oxygen atoms in total. The van der Waals surface area contributed by atoms with Gasteiger partial charge < -0.3 is 10.2 Å². The lowest BCUT2D eigenvalue weighted by atomic mass is 9.95. The van der Waals surface area contributed by atoms with Gasteiger partial charge >= 0.3 is 5.69 Å². The number of phenols is 2. The highest BCUT2D eigenvalue weighted by molar-refractivity contribution is 6.14. The van der Waals surface area contributed by atoms with E-state index in [2.05, 4.69) is 0 Å². The maximum Gasteiger partial charge on any atom is 0.335 e. The van der Waals surface area contributed by atoms with Crippen molar-refractivity contribution in [1.82, 2.24) is 9.13 Å². The summed E-state index contributed by atoms with van der Waals surface area (Å²) >= 11 is 0. The van der Waals surface area contributed by atoms with Gasteiger partial charge in [-0.05, 0) is 55.3 Å². The quantitative estimate of drug-likeness (QED) is 0.500. The molecule has 0 aliphatic heterocycles. The summed E-state index contributed by atoms with van der Waals surface area (Å²) in [5, 5.41) is 20.4. The number of aryl methyl sites for hydroxylation is 3. The first-order chi connectivity index (χ1) is 14.7. The van der Waals surface area contributed by atoms with Crippen molar-refractivity contribution in [3.05, 3.63) is 97.7 Å². The van der Waals surface area contributed by atoms with Crippen LogP contribution in [0.1, 0.15) is 27.0 Å². The molecule has 0 radical (unpaired) electrons. The molecule has 0 atom stereocenters. The predicted molar refractivity (Wildman–Crippen MR) is 117 cm³/mol. The zero-order valence-electron chi connectivity index (χ0n) is 17.2. The molecule has 3 aromatic carbocycles. The minimum absolute atomic E-state index is 0.149. The van der Waals surface area contributed by atoms with E-state index < -0.39 is 17.0 Å². The van der Waals surface area contributed by atoms with Crippen LogP contribution in [0.2, 0.25) is 0 Å². The van der Waals surface area contributed by atoms with Crippen molar-refractivity contribution in [2.24, 2.45) is 7.05 Å². The lowest BCUT2D eigenvalue weighted by Gasteiger charge is -2.15. The second kappa shape index (κ2) is 7.28. The summed E-state index contributed by atoms with van der Waals surface area (Å²) in [5.41, 5.74) is 0.827. The molecular formula is C24H20N2O5. The number of benzene rings is 3. The van der Waals surface area contributed by atoms with Gasteiger partial charge in [0.25, 0.3) is 5.56 Å². The first-order valence-electron chi connectivity index (χ1n) is 9.61. The second-order valence-electron chi connectivity index (χ2n) is 7.40. The molecule has 0 spiro atoms. The van der Waals surface area contributed by atoms with Crippen LogP contribution in [-0.2, 0) is 7.05 Å². The van der Waals surface area contributed by atoms with Crippen LogP contribution in [0.5, 0.6) is 11.5 Å². The predicted octanol–water partition coefficient (Wildman–Crippen LogP) is 2.95. The zero-order valence-corrected chi connectivity index (χ0v) is 17.2. The average Bonchev–Trinajstić information content (AvgIpc) is 2.73. The molecule has 1 heterocycles. The molecule has 0 saturated heterocycles. The molecule has 7 heteroatoms. The number of aromatic hydroxyl groups is 2. The summed E-state index contributed by atoms with van der Waals surface area (Å²) in [6.07, 6.45) is 0. The first kappa shape index (κ1) is 20.2. The summed E-state index contributed by atoms with van der Waals surface area (Å²) in [7, 11) is 1.56. The summed E-state index contributed by atoms with van der Waals surface area (Å²) in [6.45, 7) is 3.42. The number of nitrogens with zero attached hydrogens (tertiary/aromatic N) is 2. The average molecular weight is 416 g/mol. The molecule has 4 aromatic rings. The normalized spacial score (nSPS) is 11.1. The van der Waals surface area contributed by atoms with Gasteiger partial charge in [0.1, 0.15) is 17.1 Å². The largest absolute Gasteiger partial charge is 0.507 e. The molecule has 1 aromatic heterocycles. The van der Waals surface area contributed by atoms with Gasteiger partial charge in [-0.2, -0.15) is 0 Å². The van der Waals surface area contributed by atoms with Crippen LogP contribution in [0.15, 0.2) is 64.2 Å². The Hall–Kier alpha value is -4.13. The van der Waals surface area contributed by atoms with E-state index in [9.17, 15) is 24.6 Å². The van der Waals surface area contributed by atoms with Gasteiger partial charge in [-0.15, -0.1) is 0 Å². The van der Waals surface area contributed by atoms with Crippen molar-refractivity contribution in [3.63, 3.8) is 0 Å². The molecule has 0 aliphatic rings. The molecule has 0 amide bonds. The van der Waals surface area contributed by atoms with E-state index in [0.29, 0.717) is 16.8 Å². The molecule has 0 bridgehead atoms. The molecular weight excluding hydrogens is 396 g/mol. The van der Waals surface area contributed by atoms with Crippen molar-refractivity contribution in [2.75, 3.05) is 0 Å². The number of hydrogen-bond donors (Lipinski definition) is 2. The molecule has 0 aliphatic carbocycles. The van der Waals surface area contributed by atoms with Crippen molar-refractivity contribution in [3.8, 4) is 17.2 Å². The van der Waals surface area contributed by atoms with Crippen molar-refractivity contribution >= 4 is 16.7 Å². The third-order valence-corrected chi connectivity index (χ3v) is 5.55. The second-order valence-corrected chi connectivity index (χ2v) is 7.40. The fraction of sp³-hybridized carbons (Fsp3) is 0.125. The summed E-state index contributed by atoms with van der Waals surface area (Å²) < 4.78 is 2.46. The molecule has 156 valence electrons. The van der Waals surface area contributed by atoms with Gasteiger partial charge in [-0.1, -0.05) is 24.3 Å². The fourth-order valence-corrected chi connectivity index (χ4v) is 3.87. The van der Waals surface area contributed by atoms with Crippen LogP contribution in [-0.4, -0.2) is 25.1 Å². The third-order valence-electron chi connectivity index (χ3n) is 5.55. The Balaban J connectivity index is 2.07. The number of aromatic nitrogens is 2. The van der Waals surface area contributed by atoms with Gasteiger partial charge in [-0.3, -0.25) is 14.2 Å². The van der Waals surface area contributed by atoms with E-state index >= 15 is 0 Å². The van der Waals surface area contributed by atoms with E-state index in [4.69, 9.17) is 0 Å². The summed E-state index contributed by atoms with van der Waals surface area (Å²) in [5.74, 6) is -1.34. The molecule has 0 saturated carbocycles. The maximum absolute atomic E-state index is 13.5. The van der Waals surface area contributed by atoms with Gasteiger partial charge in [0.2, 0.25) is 5.78 Å². The lowest BCUT2D eigenvalue weighted by molar-refractivity contribution is 0.103. The SMILES string of the molecule is Cc1ccccc1-n1c(=O)c2c(C)c(C(=O)c3c(O)cccc3O)ccc2n(C)c1=O. The Labute approximate surface area is 177 Å². The number of hydrogen-bond acceptors (Lipinski definition) is 5. The van der Waals surface area contributed by atoms with E-state index in [1.165, 1.54) is 34.9 Å². The standard InChI is InChI=1S/C24H20N2O5/c1-13-7-4-5-8-16(13)26-23(30)20-14(2)15(11-12-17(20)25(3)24(26)31)22(29)21-18(27)9-6-10-19(21)28/h4-12,27-28H,1-3H3. The summed E-state index contributed by atoms with van der Waals surface area (Å²) in [4.78, 5) is 39.6. The van der Waals surface area contributed by atoms with Gasteiger partial charge in [0, 0.05) is 12.6 Å². The zero-order chi connectivity index (χ0) is 22.4. The fourth-order valence-electron chi connectivity index (χ4n) is 3.87. The number of ketones is 1. The molecule has 4 rings (SSSR count). The van der Waals surface area contributed by atoms with E-state index in [1.54, 1.807) is 39.1 Å². The Morgan fingerprint density at radius 1 is 0.871 bits per heavy atom. The van der Waals surface area contributed by atoms with Gasteiger partial charge in [-0.25, -0.2) is 9.36 Å². The number of carbonyl (C=O) groups excluding carboxylic acids is 1. The molecule has 2 N–H and O–H groups in total. The van der Waals surface area contributed by atoms with E-state index in [0.717, 1.165) is 10.1 Å². The minimum atomic E-state index is -0.620. The van der Waals surface area contributed by atoms with Crippen LogP contribution in [0.3, 0.4) is 0 Å². The highest BCUT2D eigenvalue weighted by Crippen LogP contribution is 2.31. The van der Waals surface area contributed by atoms with Gasteiger partial charge in [0.05, 0.1) is 16.6 Å². The topological polar surface area (TPSA) is 102 Å². The van der Waals surface area contributed by atoms with Crippen LogP contribution in [0, 0.1) is 13.8 Å². The Morgan fingerprint density at radius 3 is 2.16 bits per heavy atom. The van der Waals surface area contributed by atoms with Crippen LogP contribution < -0.4 is 11.2 Å². The van der Waals surface area contributed by atoms with Crippen molar-refractivity contribution in [1.29, 1.82) is 0 Å². The lowest BCUT2D eigenvalue weighted by Crippen LogP contribution is -2.38. The Morgan fingerprint density at radius 2 is 1.52 bits per heavy atom. The van der Waals surface area contributed by atoms with Gasteiger partial charge in [0.15, 0.2) is 0 Å². The number of carbonyl (C=O) groups is 1. The maximum atomic E-state index is 13.5. The van der Waals surface area contributed by atoms with E-state index in [1.807, 2.05) is 6.07 Å². The van der Waals surface area contributed by atoms with Crippen LogP contribution in [0.25, 0.3) is 16.6 Å². The monoisotopic (exact) mass is 416 g/mol. The van der Waals surface area contributed by atoms with Crippen LogP contribution in [0.4, 0.5) is 0 Å². The Bertz CT molecular complexity index is 1470. The van der Waals surface area contributed by atoms with E-state index in [-0.39, 0.29) is 28.0 Å². The number of fused-ring (bicyclic) bond motifs is 1.